The van der Waals surface area contributed by atoms with Crippen molar-refractivity contribution in [2.75, 3.05) is 6.61 Å². The van der Waals surface area contributed by atoms with E-state index in [1.54, 1.807) is 0 Å². The van der Waals surface area contributed by atoms with Crippen LogP contribution in [0.25, 0.3) is 0 Å². The molecule has 0 radical (unpaired) electrons. The second-order valence-corrected chi connectivity index (χ2v) is 4.35. The first kappa shape index (κ1) is 14.1. The topological polar surface area (TPSA) is 64.3 Å². The van der Waals surface area contributed by atoms with Gasteiger partial charge in [-0.2, -0.15) is 0 Å². The number of amides is 1. The highest BCUT2D eigenvalue weighted by Gasteiger charge is 2.04. The van der Waals surface area contributed by atoms with Crippen LogP contribution < -0.4 is 15.8 Å². The van der Waals surface area contributed by atoms with Gasteiger partial charge in [0.15, 0.2) is 6.61 Å². The summed E-state index contributed by atoms with van der Waals surface area (Å²) in [4.78, 5) is 11.7. The maximum Gasteiger partial charge on any atom is 0.258 e. The van der Waals surface area contributed by atoms with Crippen LogP contribution in [-0.4, -0.2) is 12.5 Å². The zero-order chi connectivity index (χ0) is 14.2. The Bertz CT molecular complexity index is 555. The normalized spacial score (nSPS) is 10.1. The van der Waals surface area contributed by atoms with Gasteiger partial charge < -0.3 is 15.8 Å². The van der Waals surface area contributed by atoms with Gasteiger partial charge in [-0.15, -0.1) is 0 Å². The standard InChI is InChI=1S/C16H18N2O2/c17-10-13-6-4-5-7-14(13)11-18-16(19)12-20-15-8-2-1-3-9-15/h1-9H,10-12,17H2,(H,18,19). The lowest BCUT2D eigenvalue weighted by Gasteiger charge is -2.10. The third-order valence-corrected chi connectivity index (χ3v) is 2.93. The van der Waals surface area contributed by atoms with Crippen molar-refractivity contribution in [3.05, 3.63) is 65.7 Å². The fourth-order valence-electron chi connectivity index (χ4n) is 1.84. The second kappa shape index (κ2) is 7.31. The van der Waals surface area contributed by atoms with E-state index in [4.69, 9.17) is 10.5 Å². The molecule has 0 unspecified atom stereocenters. The van der Waals surface area contributed by atoms with E-state index in [0.717, 1.165) is 11.1 Å². The van der Waals surface area contributed by atoms with Crippen molar-refractivity contribution in [1.29, 1.82) is 0 Å². The van der Waals surface area contributed by atoms with E-state index in [1.807, 2.05) is 54.6 Å². The van der Waals surface area contributed by atoms with Crippen LogP contribution in [0.5, 0.6) is 5.75 Å². The van der Waals surface area contributed by atoms with Crippen LogP contribution in [0.1, 0.15) is 11.1 Å². The van der Waals surface area contributed by atoms with E-state index in [0.29, 0.717) is 18.8 Å². The van der Waals surface area contributed by atoms with Crippen LogP contribution in [0.15, 0.2) is 54.6 Å². The molecule has 0 aromatic heterocycles. The smallest absolute Gasteiger partial charge is 0.258 e. The molecule has 0 aliphatic carbocycles. The highest BCUT2D eigenvalue weighted by Crippen LogP contribution is 2.09. The molecule has 0 saturated carbocycles. The Morgan fingerprint density at radius 1 is 1.00 bits per heavy atom. The number of hydrogen-bond donors (Lipinski definition) is 2. The van der Waals surface area contributed by atoms with E-state index in [9.17, 15) is 4.79 Å². The molecule has 0 spiro atoms. The van der Waals surface area contributed by atoms with Gasteiger partial charge in [-0.3, -0.25) is 4.79 Å². The van der Waals surface area contributed by atoms with Gasteiger partial charge in [0.1, 0.15) is 5.75 Å². The van der Waals surface area contributed by atoms with Crippen molar-refractivity contribution >= 4 is 5.91 Å². The largest absolute Gasteiger partial charge is 0.484 e. The monoisotopic (exact) mass is 270 g/mol. The summed E-state index contributed by atoms with van der Waals surface area (Å²) in [5.41, 5.74) is 7.72. The van der Waals surface area contributed by atoms with Gasteiger partial charge in [0, 0.05) is 13.1 Å². The highest BCUT2D eigenvalue weighted by molar-refractivity contribution is 5.77. The summed E-state index contributed by atoms with van der Waals surface area (Å²) in [5.74, 6) is 0.533. The number of carbonyl (C=O) groups is 1. The number of rotatable bonds is 6. The minimum Gasteiger partial charge on any atom is -0.484 e. The second-order valence-electron chi connectivity index (χ2n) is 4.35. The summed E-state index contributed by atoms with van der Waals surface area (Å²) in [6.45, 7) is 0.936. The molecule has 0 aliphatic heterocycles. The van der Waals surface area contributed by atoms with Crippen molar-refractivity contribution in [2.45, 2.75) is 13.1 Å². The fourth-order valence-corrected chi connectivity index (χ4v) is 1.84. The number of hydrogen-bond acceptors (Lipinski definition) is 3. The maximum absolute atomic E-state index is 11.7. The van der Waals surface area contributed by atoms with Gasteiger partial charge in [0.2, 0.25) is 0 Å². The van der Waals surface area contributed by atoms with E-state index in [2.05, 4.69) is 5.32 Å². The van der Waals surface area contributed by atoms with E-state index < -0.39 is 0 Å². The summed E-state index contributed by atoms with van der Waals surface area (Å²) < 4.78 is 5.38. The molecule has 4 nitrogen and oxygen atoms in total. The van der Waals surface area contributed by atoms with E-state index >= 15 is 0 Å². The number of nitrogens with two attached hydrogens (primary N) is 1. The first-order valence-corrected chi connectivity index (χ1v) is 6.51. The first-order chi connectivity index (χ1) is 9.79. The Morgan fingerprint density at radius 3 is 2.35 bits per heavy atom. The van der Waals surface area contributed by atoms with Crippen LogP contribution in [0.2, 0.25) is 0 Å². The van der Waals surface area contributed by atoms with E-state index in [-0.39, 0.29) is 12.5 Å². The molecule has 2 aromatic rings. The molecule has 0 fully saturated rings. The Balaban J connectivity index is 1.80. The van der Waals surface area contributed by atoms with Gasteiger partial charge >= 0.3 is 0 Å². The van der Waals surface area contributed by atoms with Gasteiger partial charge in [0.25, 0.3) is 5.91 Å². The zero-order valence-corrected chi connectivity index (χ0v) is 11.2. The lowest BCUT2D eigenvalue weighted by atomic mass is 10.1. The van der Waals surface area contributed by atoms with Gasteiger partial charge in [-0.1, -0.05) is 42.5 Å². The van der Waals surface area contributed by atoms with Crippen LogP contribution >= 0.6 is 0 Å². The van der Waals surface area contributed by atoms with E-state index in [1.165, 1.54) is 0 Å². The average molecular weight is 270 g/mol. The first-order valence-electron chi connectivity index (χ1n) is 6.51. The molecule has 104 valence electrons. The number of para-hydroxylation sites is 1. The zero-order valence-electron chi connectivity index (χ0n) is 11.2. The maximum atomic E-state index is 11.7. The Kier molecular flexibility index (Phi) is 5.15. The summed E-state index contributed by atoms with van der Waals surface area (Å²) in [7, 11) is 0. The number of nitrogens with one attached hydrogen (secondary N) is 1. The van der Waals surface area contributed by atoms with Crippen molar-refractivity contribution in [3.63, 3.8) is 0 Å². The molecule has 1 amide bonds. The molecule has 4 heteroatoms. The van der Waals surface area contributed by atoms with Crippen molar-refractivity contribution in [1.82, 2.24) is 5.32 Å². The molecule has 0 saturated heterocycles. The lowest BCUT2D eigenvalue weighted by molar-refractivity contribution is -0.123. The third-order valence-electron chi connectivity index (χ3n) is 2.93. The third kappa shape index (κ3) is 4.10. The SMILES string of the molecule is NCc1ccccc1CNC(=O)COc1ccccc1. The quantitative estimate of drug-likeness (QED) is 0.842. The van der Waals surface area contributed by atoms with Crippen LogP contribution in [0.4, 0.5) is 0 Å². The molecule has 20 heavy (non-hydrogen) atoms. The van der Waals surface area contributed by atoms with Crippen molar-refractivity contribution in [2.24, 2.45) is 5.73 Å². The summed E-state index contributed by atoms with van der Waals surface area (Å²) in [6.07, 6.45) is 0. The van der Waals surface area contributed by atoms with Gasteiger partial charge in [0.05, 0.1) is 0 Å². The molecule has 0 heterocycles. The molecule has 2 aromatic carbocycles. The Hall–Kier alpha value is -2.33. The molecular weight excluding hydrogens is 252 g/mol. The molecule has 0 bridgehead atoms. The number of benzene rings is 2. The predicted octanol–water partition coefficient (Wildman–Crippen LogP) is 1.84. The Morgan fingerprint density at radius 2 is 1.65 bits per heavy atom. The molecule has 0 aliphatic rings. The van der Waals surface area contributed by atoms with Crippen molar-refractivity contribution in [3.8, 4) is 5.75 Å². The predicted molar refractivity (Wildman–Crippen MR) is 78.1 cm³/mol. The molecule has 2 rings (SSSR count). The minimum absolute atomic E-state index is 0.00874. The van der Waals surface area contributed by atoms with Crippen LogP contribution in [0, 0.1) is 0 Å². The lowest BCUT2D eigenvalue weighted by Crippen LogP contribution is -2.28. The minimum atomic E-state index is -0.152. The van der Waals surface area contributed by atoms with Crippen LogP contribution in [-0.2, 0) is 17.9 Å². The van der Waals surface area contributed by atoms with Gasteiger partial charge in [-0.25, -0.2) is 0 Å². The fraction of sp³-hybridized carbons (Fsp3) is 0.188. The summed E-state index contributed by atoms with van der Waals surface area (Å²) in [6, 6.07) is 17.1. The van der Waals surface area contributed by atoms with Crippen LogP contribution in [0.3, 0.4) is 0 Å². The number of ether oxygens (including phenoxy) is 1. The average Bonchev–Trinajstić information content (AvgIpc) is 2.52. The molecule has 3 N–H and O–H groups in total. The van der Waals surface area contributed by atoms with Gasteiger partial charge in [-0.05, 0) is 23.3 Å². The summed E-state index contributed by atoms with van der Waals surface area (Å²) >= 11 is 0. The molecular formula is C16H18N2O2. The molecule has 0 atom stereocenters. The van der Waals surface area contributed by atoms with Crippen molar-refractivity contribution < 1.29 is 9.53 Å². The summed E-state index contributed by atoms with van der Waals surface area (Å²) in [5, 5.41) is 2.82. The Labute approximate surface area is 118 Å². The number of carbonyl (C=O) groups excluding carboxylic acids is 1. The highest BCUT2D eigenvalue weighted by atomic mass is 16.5.